The van der Waals surface area contributed by atoms with E-state index < -0.39 is 17.9 Å². The molecule has 0 heterocycles. The number of carboxylic acid groups (broad SMARTS) is 1. The maximum atomic E-state index is 12.7. The molecule has 1 aromatic carbocycles. The summed E-state index contributed by atoms with van der Waals surface area (Å²) in [6.45, 7) is 4.92. The fourth-order valence-corrected chi connectivity index (χ4v) is 4.16. The zero-order chi connectivity index (χ0) is 26.4. The average molecular weight is 505 g/mol. The minimum Gasteiger partial charge on any atom is -0.478 e. The van der Waals surface area contributed by atoms with Gasteiger partial charge in [-0.3, -0.25) is 0 Å². The second-order valence-corrected chi connectivity index (χ2v) is 9.64. The van der Waals surface area contributed by atoms with Crippen LogP contribution in [-0.4, -0.2) is 36.2 Å². The Morgan fingerprint density at radius 1 is 0.583 bits per heavy atom. The molecule has 0 saturated carbocycles. The SMILES string of the molecule is CCCCCCCCCCCCCOC(=O)c1cc(C(=O)O)ccc1C(=O)OCCCCCCCC. The molecule has 0 amide bonds. The van der Waals surface area contributed by atoms with Crippen LogP contribution in [-0.2, 0) is 9.47 Å². The number of hydrogen-bond donors (Lipinski definition) is 1. The number of carbonyl (C=O) groups is 3. The second-order valence-electron chi connectivity index (χ2n) is 9.64. The Hall–Kier alpha value is -2.37. The monoisotopic (exact) mass is 504 g/mol. The highest BCUT2D eigenvalue weighted by Crippen LogP contribution is 2.17. The molecule has 0 bridgehead atoms. The Morgan fingerprint density at radius 2 is 0.972 bits per heavy atom. The van der Waals surface area contributed by atoms with Crippen molar-refractivity contribution in [3.05, 3.63) is 34.9 Å². The van der Waals surface area contributed by atoms with Gasteiger partial charge in [0.2, 0.25) is 0 Å². The molecule has 0 atom stereocenters. The average Bonchev–Trinajstić information content (AvgIpc) is 2.88. The molecule has 0 aliphatic rings. The number of aromatic carboxylic acids is 1. The van der Waals surface area contributed by atoms with Crippen LogP contribution in [0.15, 0.2) is 18.2 Å². The van der Waals surface area contributed by atoms with Crippen molar-refractivity contribution in [3.8, 4) is 0 Å². The van der Waals surface area contributed by atoms with Crippen molar-refractivity contribution < 1.29 is 29.0 Å². The topological polar surface area (TPSA) is 89.9 Å². The fourth-order valence-electron chi connectivity index (χ4n) is 4.16. The molecule has 1 rings (SSSR count). The first-order valence-corrected chi connectivity index (χ1v) is 14.2. The molecule has 6 heteroatoms. The first kappa shape index (κ1) is 31.7. The molecule has 0 aromatic heterocycles. The molecule has 1 aromatic rings. The quantitative estimate of drug-likeness (QED) is 0.126. The molecule has 0 aliphatic carbocycles. The number of carbonyl (C=O) groups excluding carboxylic acids is 2. The lowest BCUT2D eigenvalue weighted by Crippen LogP contribution is -2.16. The van der Waals surface area contributed by atoms with Gasteiger partial charge in [-0.15, -0.1) is 0 Å². The highest BCUT2D eigenvalue weighted by molar-refractivity contribution is 6.05. The van der Waals surface area contributed by atoms with Crippen LogP contribution >= 0.6 is 0 Å². The summed E-state index contributed by atoms with van der Waals surface area (Å²) in [5.74, 6) is -2.47. The van der Waals surface area contributed by atoms with Crippen LogP contribution in [0.4, 0.5) is 0 Å². The number of unbranched alkanes of at least 4 members (excludes halogenated alkanes) is 15. The summed E-state index contributed by atoms with van der Waals surface area (Å²) in [4.78, 5) is 36.6. The van der Waals surface area contributed by atoms with Crippen molar-refractivity contribution in [3.63, 3.8) is 0 Å². The van der Waals surface area contributed by atoms with Crippen LogP contribution in [0.1, 0.15) is 154 Å². The standard InChI is InChI=1S/C30H48O6/c1-3-5-7-9-11-12-13-14-15-17-19-23-36-30(34)27-24-25(28(31)32)20-21-26(27)29(33)35-22-18-16-10-8-6-4-2/h20-21,24H,3-19,22-23H2,1-2H3,(H,31,32). The molecular formula is C30H48O6. The second kappa shape index (κ2) is 20.8. The number of carboxylic acids is 1. The number of rotatable bonds is 22. The van der Waals surface area contributed by atoms with E-state index in [0.29, 0.717) is 0 Å². The molecule has 0 unspecified atom stereocenters. The molecule has 1 N–H and O–H groups in total. The van der Waals surface area contributed by atoms with E-state index in [0.717, 1.165) is 38.5 Å². The van der Waals surface area contributed by atoms with E-state index in [1.54, 1.807) is 0 Å². The molecule has 0 spiro atoms. The van der Waals surface area contributed by atoms with E-state index in [4.69, 9.17) is 9.47 Å². The number of ether oxygens (including phenoxy) is 2. The zero-order valence-corrected chi connectivity index (χ0v) is 22.7. The van der Waals surface area contributed by atoms with Crippen molar-refractivity contribution >= 4 is 17.9 Å². The Balaban J connectivity index is 2.41. The van der Waals surface area contributed by atoms with Crippen LogP contribution in [0, 0.1) is 0 Å². The molecule has 0 aliphatic heterocycles. The van der Waals surface area contributed by atoms with Gasteiger partial charge in [-0.05, 0) is 31.0 Å². The predicted molar refractivity (Wildman–Crippen MR) is 144 cm³/mol. The maximum absolute atomic E-state index is 12.7. The van der Waals surface area contributed by atoms with Crippen LogP contribution < -0.4 is 0 Å². The Morgan fingerprint density at radius 3 is 1.39 bits per heavy atom. The fraction of sp³-hybridized carbons (Fsp3) is 0.700. The van der Waals surface area contributed by atoms with Gasteiger partial charge in [0.15, 0.2) is 0 Å². The van der Waals surface area contributed by atoms with Crippen LogP contribution in [0.3, 0.4) is 0 Å². The minimum absolute atomic E-state index is 0.0501. The van der Waals surface area contributed by atoms with Crippen molar-refractivity contribution in [1.82, 2.24) is 0 Å². The maximum Gasteiger partial charge on any atom is 0.339 e. The lowest BCUT2D eigenvalue weighted by atomic mass is 10.0. The van der Waals surface area contributed by atoms with Gasteiger partial charge in [0.25, 0.3) is 0 Å². The Kier molecular flexibility index (Phi) is 18.3. The number of esters is 2. The van der Waals surface area contributed by atoms with E-state index >= 15 is 0 Å². The molecule has 204 valence electrons. The van der Waals surface area contributed by atoms with Crippen molar-refractivity contribution in [2.45, 2.75) is 123 Å². The van der Waals surface area contributed by atoms with Crippen LogP contribution in [0.2, 0.25) is 0 Å². The van der Waals surface area contributed by atoms with Gasteiger partial charge >= 0.3 is 17.9 Å². The minimum atomic E-state index is -1.17. The largest absolute Gasteiger partial charge is 0.478 e. The first-order chi connectivity index (χ1) is 17.5. The molecule has 6 nitrogen and oxygen atoms in total. The highest BCUT2D eigenvalue weighted by atomic mass is 16.5. The van der Waals surface area contributed by atoms with E-state index in [1.165, 1.54) is 88.8 Å². The number of benzene rings is 1. The summed E-state index contributed by atoms with van der Waals surface area (Å²) in [6, 6.07) is 3.85. The summed E-state index contributed by atoms with van der Waals surface area (Å²) in [5, 5.41) is 9.30. The normalized spacial score (nSPS) is 10.8. The third-order valence-corrected chi connectivity index (χ3v) is 6.42. The molecule has 0 saturated heterocycles. The summed E-state index contributed by atoms with van der Waals surface area (Å²) < 4.78 is 10.7. The number of hydrogen-bond acceptors (Lipinski definition) is 5. The smallest absolute Gasteiger partial charge is 0.339 e. The Labute approximate surface area is 218 Å². The van der Waals surface area contributed by atoms with E-state index in [2.05, 4.69) is 13.8 Å². The van der Waals surface area contributed by atoms with Gasteiger partial charge in [0.1, 0.15) is 0 Å². The molecule has 0 radical (unpaired) electrons. The van der Waals surface area contributed by atoms with E-state index in [9.17, 15) is 19.5 Å². The lowest BCUT2D eigenvalue weighted by molar-refractivity contribution is 0.0450. The van der Waals surface area contributed by atoms with E-state index in [1.807, 2.05) is 0 Å². The van der Waals surface area contributed by atoms with Gasteiger partial charge in [-0.2, -0.15) is 0 Å². The predicted octanol–water partition coefficient (Wildman–Crippen LogP) is 8.37. The molecular weight excluding hydrogens is 456 g/mol. The molecule has 36 heavy (non-hydrogen) atoms. The molecule has 0 fully saturated rings. The summed E-state index contributed by atoms with van der Waals surface area (Å²) in [7, 11) is 0. The Bertz CT molecular complexity index is 758. The first-order valence-electron chi connectivity index (χ1n) is 14.2. The highest BCUT2D eigenvalue weighted by Gasteiger charge is 2.21. The van der Waals surface area contributed by atoms with Gasteiger partial charge in [0, 0.05) is 0 Å². The summed E-state index contributed by atoms with van der Waals surface area (Å²) >= 11 is 0. The van der Waals surface area contributed by atoms with Crippen molar-refractivity contribution in [1.29, 1.82) is 0 Å². The van der Waals surface area contributed by atoms with Gasteiger partial charge in [-0.25, -0.2) is 14.4 Å². The summed E-state index contributed by atoms with van der Waals surface area (Å²) in [6.07, 6.45) is 19.6. The van der Waals surface area contributed by atoms with Crippen LogP contribution in [0.25, 0.3) is 0 Å². The zero-order valence-electron chi connectivity index (χ0n) is 22.7. The summed E-state index contributed by atoms with van der Waals surface area (Å²) in [5.41, 5.74) is -0.0649. The van der Waals surface area contributed by atoms with Crippen LogP contribution in [0.5, 0.6) is 0 Å². The van der Waals surface area contributed by atoms with Gasteiger partial charge < -0.3 is 14.6 Å². The van der Waals surface area contributed by atoms with Gasteiger partial charge in [-0.1, -0.05) is 110 Å². The third kappa shape index (κ3) is 14.3. The third-order valence-electron chi connectivity index (χ3n) is 6.42. The van der Waals surface area contributed by atoms with Crippen molar-refractivity contribution in [2.75, 3.05) is 13.2 Å². The lowest BCUT2D eigenvalue weighted by Gasteiger charge is -2.11. The van der Waals surface area contributed by atoms with E-state index in [-0.39, 0.29) is 29.9 Å². The van der Waals surface area contributed by atoms with Gasteiger partial charge in [0.05, 0.1) is 29.9 Å². The van der Waals surface area contributed by atoms with Crippen molar-refractivity contribution in [2.24, 2.45) is 0 Å².